The third-order valence-electron chi connectivity index (χ3n) is 6.34. The Kier molecular flexibility index (Phi) is 5.84. The number of fused-ring (bicyclic) bond motifs is 1. The number of hydrogen-bond donors (Lipinski definition) is 1. The van der Waals surface area contributed by atoms with E-state index in [1.807, 2.05) is 67.2 Å². The Morgan fingerprint density at radius 1 is 1.03 bits per heavy atom. The van der Waals surface area contributed by atoms with Crippen LogP contribution in [0.5, 0.6) is 0 Å². The SMILES string of the molecule is Cc1c(C(C)NC(=O)c2cccc(N3CCOCC3)c2)cnn1-c1cccc2ccccc12. The van der Waals surface area contributed by atoms with Gasteiger partial charge in [-0.3, -0.25) is 4.79 Å². The summed E-state index contributed by atoms with van der Waals surface area (Å²) in [5, 5.41) is 10.1. The molecule has 168 valence electrons. The van der Waals surface area contributed by atoms with Crippen molar-refractivity contribution in [2.75, 3.05) is 31.2 Å². The van der Waals surface area contributed by atoms with E-state index >= 15 is 0 Å². The number of amides is 1. The van der Waals surface area contributed by atoms with E-state index in [1.165, 1.54) is 5.39 Å². The molecule has 1 fully saturated rings. The van der Waals surface area contributed by atoms with Gasteiger partial charge in [-0.25, -0.2) is 4.68 Å². The Balaban J connectivity index is 1.36. The molecule has 0 saturated carbocycles. The van der Waals surface area contributed by atoms with E-state index in [0.29, 0.717) is 18.8 Å². The van der Waals surface area contributed by atoms with Gasteiger partial charge in [0.25, 0.3) is 5.91 Å². The van der Waals surface area contributed by atoms with Gasteiger partial charge in [-0.1, -0.05) is 42.5 Å². The topological polar surface area (TPSA) is 59.4 Å². The smallest absolute Gasteiger partial charge is 0.251 e. The number of morpholine rings is 1. The number of hydrogen-bond acceptors (Lipinski definition) is 4. The molecule has 6 heteroatoms. The average Bonchev–Trinajstić information content (AvgIpc) is 3.25. The lowest BCUT2D eigenvalue weighted by Gasteiger charge is -2.29. The van der Waals surface area contributed by atoms with Crippen LogP contribution in [0.15, 0.2) is 72.9 Å². The normalized spacial score (nSPS) is 14.9. The Labute approximate surface area is 193 Å². The number of anilines is 1. The Bertz CT molecular complexity index is 1290. The van der Waals surface area contributed by atoms with Crippen molar-refractivity contribution in [3.05, 3.63) is 89.7 Å². The Morgan fingerprint density at radius 3 is 2.64 bits per heavy atom. The second-order valence-electron chi connectivity index (χ2n) is 8.44. The molecule has 0 radical (unpaired) electrons. The second kappa shape index (κ2) is 9.08. The molecular formula is C27H28N4O2. The van der Waals surface area contributed by atoms with Crippen LogP contribution < -0.4 is 10.2 Å². The zero-order chi connectivity index (χ0) is 22.8. The van der Waals surface area contributed by atoms with Crippen LogP contribution in [-0.4, -0.2) is 42.0 Å². The molecular weight excluding hydrogens is 412 g/mol. The lowest BCUT2D eigenvalue weighted by molar-refractivity contribution is 0.0940. The molecule has 1 unspecified atom stereocenters. The average molecular weight is 441 g/mol. The van der Waals surface area contributed by atoms with Crippen LogP contribution in [0, 0.1) is 6.92 Å². The van der Waals surface area contributed by atoms with Gasteiger partial charge in [0.2, 0.25) is 0 Å². The number of carbonyl (C=O) groups is 1. The summed E-state index contributed by atoms with van der Waals surface area (Å²) >= 11 is 0. The predicted molar refractivity (Wildman–Crippen MR) is 131 cm³/mol. The summed E-state index contributed by atoms with van der Waals surface area (Å²) in [5.41, 5.74) is 4.76. The first kappa shape index (κ1) is 21.2. The molecule has 1 aromatic heterocycles. The molecule has 0 aliphatic carbocycles. The summed E-state index contributed by atoms with van der Waals surface area (Å²) in [4.78, 5) is 15.3. The quantitative estimate of drug-likeness (QED) is 0.490. The van der Waals surface area contributed by atoms with E-state index in [0.717, 1.165) is 41.1 Å². The van der Waals surface area contributed by atoms with E-state index in [9.17, 15) is 4.79 Å². The highest BCUT2D eigenvalue weighted by Gasteiger charge is 2.19. The van der Waals surface area contributed by atoms with Crippen molar-refractivity contribution in [3.8, 4) is 5.69 Å². The number of rotatable bonds is 5. The second-order valence-corrected chi connectivity index (χ2v) is 8.44. The molecule has 1 aliphatic heterocycles. The van der Waals surface area contributed by atoms with Crippen LogP contribution >= 0.6 is 0 Å². The fourth-order valence-electron chi connectivity index (χ4n) is 4.51. The van der Waals surface area contributed by atoms with Crippen LogP contribution in [0.1, 0.15) is 34.6 Å². The molecule has 0 spiro atoms. The molecule has 1 aliphatic rings. The van der Waals surface area contributed by atoms with E-state index < -0.39 is 0 Å². The minimum absolute atomic E-state index is 0.0880. The molecule has 1 saturated heterocycles. The minimum Gasteiger partial charge on any atom is -0.378 e. The van der Waals surface area contributed by atoms with Crippen molar-refractivity contribution in [1.82, 2.24) is 15.1 Å². The van der Waals surface area contributed by atoms with Crippen LogP contribution in [0.2, 0.25) is 0 Å². The number of benzene rings is 3. The standard InChI is InChI=1S/C27H28N4O2/c1-19(29-27(32)22-9-5-10-23(17-22)30-13-15-33-16-14-30)25-18-28-31(20(25)2)26-12-6-8-21-7-3-4-11-24(21)26/h3-12,17-19H,13-16H2,1-2H3,(H,29,32). The van der Waals surface area contributed by atoms with Gasteiger partial charge >= 0.3 is 0 Å². The molecule has 2 heterocycles. The first-order chi connectivity index (χ1) is 16.1. The zero-order valence-corrected chi connectivity index (χ0v) is 19.0. The summed E-state index contributed by atoms with van der Waals surface area (Å²) in [5.74, 6) is -0.0880. The maximum atomic E-state index is 13.0. The molecule has 1 N–H and O–H groups in total. The summed E-state index contributed by atoms with van der Waals surface area (Å²) in [6, 6.07) is 22.1. The monoisotopic (exact) mass is 440 g/mol. The van der Waals surface area contributed by atoms with Gasteiger partial charge in [0, 0.05) is 41.0 Å². The summed E-state index contributed by atoms with van der Waals surface area (Å²) in [6.45, 7) is 7.16. The highest BCUT2D eigenvalue weighted by molar-refractivity contribution is 5.95. The predicted octanol–water partition coefficient (Wildman–Crippen LogP) is 4.66. The van der Waals surface area contributed by atoms with Gasteiger partial charge in [0.1, 0.15) is 0 Å². The van der Waals surface area contributed by atoms with Crippen LogP contribution in [0.4, 0.5) is 5.69 Å². The summed E-state index contributed by atoms with van der Waals surface area (Å²) in [7, 11) is 0. The number of carbonyl (C=O) groups excluding carboxylic acids is 1. The summed E-state index contributed by atoms with van der Waals surface area (Å²) < 4.78 is 7.40. The molecule has 4 aromatic rings. The van der Waals surface area contributed by atoms with Gasteiger partial charge in [-0.05, 0) is 43.5 Å². The molecule has 5 rings (SSSR count). The molecule has 1 amide bonds. The van der Waals surface area contributed by atoms with Crippen LogP contribution in [-0.2, 0) is 4.74 Å². The maximum Gasteiger partial charge on any atom is 0.251 e. The van der Waals surface area contributed by atoms with Crippen molar-refractivity contribution < 1.29 is 9.53 Å². The Morgan fingerprint density at radius 2 is 1.79 bits per heavy atom. The zero-order valence-electron chi connectivity index (χ0n) is 19.0. The van der Waals surface area contributed by atoms with Gasteiger partial charge in [0.05, 0.1) is 31.1 Å². The van der Waals surface area contributed by atoms with Gasteiger partial charge in [0.15, 0.2) is 0 Å². The number of ether oxygens (including phenoxy) is 1. The van der Waals surface area contributed by atoms with Gasteiger partial charge < -0.3 is 15.0 Å². The van der Waals surface area contributed by atoms with E-state index in [1.54, 1.807) is 0 Å². The third kappa shape index (κ3) is 4.22. The Hall–Kier alpha value is -3.64. The van der Waals surface area contributed by atoms with E-state index in [2.05, 4.69) is 39.6 Å². The molecule has 3 aromatic carbocycles. The van der Waals surface area contributed by atoms with E-state index in [4.69, 9.17) is 4.74 Å². The van der Waals surface area contributed by atoms with Gasteiger partial charge in [-0.15, -0.1) is 0 Å². The van der Waals surface area contributed by atoms with Crippen LogP contribution in [0.3, 0.4) is 0 Å². The third-order valence-corrected chi connectivity index (χ3v) is 6.34. The van der Waals surface area contributed by atoms with E-state index in [-0.39, 0.29) is 11.9 Å². The lowest BCUT2D eigenvalue weighted by Crippen LogP contribution is -2.36. The number of nitrogens with zero attached hydrogens (tertiary/aromatic N) is 3. The van der Waals surface area contributed by atoms with Crippen molar-refractivity contribution in [2.24, 2.45) is 0 Å². The fraction of sp³-hybridized carbons (Fsp3) is 0.259. The van der Waals surface area contributed by atoms with Crippen molar-refractivity contribution >= 4 is 22.4 Å². The first-order valence-electron chi connectivity index (χ1n) is 11.4. The molecule has 33 heavy (non-hydrogen) atoms. The van der Waals surface area contributed by atoms with Crippen LogP contribution in [0.25, 0.3) is 16.5 Å². The van der Waals surface area contributed by atoms with Gasteiger partial charge in [-0.2, -0.15) is 5.10 Å². The lowest BCUT2D eigenvalue weighted by atomic mass is 10.1. The largest absolute Gasteiger partial charge is 0.378 e. The highest BCUT2D eigenvalue weighted by Crippen LogP contribution is 2.26. The first-order valence-corrected chi connectivity index (χ1v) is 11.4. The number of nitrogens with one attached hydrogen (secondary N) is 1. The molecule has 6 nitrogen and oxygen atoms in total. The molecule has 0 bridgehead atoms. The highest BCUT2D eigenvalue weighted by atomic mass is 16.5. The fourth-order valence-corrected chi connectivity index (χ4v) is 4.51. The van der Waals surface area contributed by atoms with Crippen molar-refractivity contribution in [3.63, 3.8) is 0 Å². The molecule has 1 atom stereocenters. The maximum absolute atomic E-state index is 13.0. The summed E-state index contributed by atoms with van der Waals surface area (Å²) in [6.07, 6.45) is 1.85. The minimum atomic E-state index is -0.173. The number of aromatic nitrogens is 2. The van der Waals surface area contributed by atoms with Crippen molar-refractivity contribution in [2.45, 2.75) is 19.9 Å². The van der Waals surface area contributed by atoms with Crippen molar-refractivity contribution in [1.29, 1.82) is 0 Å².